The summed E-state index contributed by atoms with van der Waals surface area (Å²) in [4.78, 5) is 15.5. The first-order valence-electron chi connectivity index (χ1n) is 5.96. The number of aromatic nitrogens is 2. The van der Waals surface area contributed by atoms with Gasteiger partial charge in [-0.05, 0) is 31.0 Å². The molecule has 3 heterocycles. The average molecular weight is 246 g/mol. The van der Waals surface area contributed by atoms with E-state index in [1.807, 2.05) is 29.7 Å². The molecule has 0 aromatic carbocycles. The van der Waals surface area contributed by atoms with E-state index in [0.717, 1.165) is 17.8 Å². The van der Waals surface area contributed by atoms with Gasteiger partial charge in [0.05, 0.1) is 12.1 Å². The maximum atomic E-state index is 11.2. The van der Waals surface area contributed by atoms with Gasteiger partial charge in [0.15, 0.2) is 5.69 Å². The molecule has 2 aromatic rings. The average Bonchev–Trinajstić information content (AvgIpc) is 2.93. The van der Waals surface area contributed by atoms with Crippen LogP contribution in [0.5, 0.6) is 0 Å². The Hall–Kier alpha value is -1.88. The molecule has 2 aromatic heterocycles. The zero-order chi connectivity index (χ0) is 12.7. The summed E-state index contributed by atoms with van der Waals surface area (Å²) >= 11 is 0. The van der Waals surface area contributed by atoms with E-state index in [0.29, 0.717) is 18.7 Å². The standard InChI is InChI=1S/C13H14N2O3/c1-8-2-4-15-10(6-8)11(13(16)17)14-12(15)9-3-5-18-7-9/h2,4,6,9H,3,5,7H2,1H3,(H,16,17). The van der Waals surface area contributed by atoms with Crippen LogP contribution in [0, 0.1) is 6.92 Å². The number of rotatable bonds is 2. The van der Waals surface area contributed by atoms with E-state index in [4.69, 9.17) is 4.74 Å². The summed E-state index contributed by atoms with van der Waals surface area (Å²) in [6.07, 6.45) is 2.78. The fourth-order valence-electron chi connectivity index (χ4n) is 2.40. The molecule has 0 amide bonds. The van der Waals surface area contributed by atoms with Crippen molar-refractivity contribution < 1.29 is 14.6 Å². The number of aromatic carboxylic acids is 1. The number of ether oxygens (including phenoxy) is 1. The fourth-order valence-corrected chi connectivity index (χ4v) is 2.40. The van der Waals surface area contributed by atoms with Crippen LogP contribution in [0.3, 0.4) is 0 Å². The predicted molar refractivity (Wildman–Crippen MR) is 65.1 cm³/mol. The van der Waals surface area contributed by atoms with Crippen molar-refractivity contribution in [1.29, 1.82) is 0 Å². The maximum Gasteiger partial charge on any atom is 0.356 e. The van der Waals surface area contributed by atoms with Crippen LogP contribution in [-0.4, -0.2) is 33.7 Å². The van der Waals surface area contributed by atoms with Crippen molar-refractivity contribution in [3.8, 4) is 0 Å². The van der Waals surface area contributed by atoms with Crippen molar-refractivity contribution in [2.45, 2.75) is 19.3 Å². The fraction of sp³-hybridized carbons (Fsp3) is 0.385. The summed E-state index contributed by atoms with van der Waals surface area (Å²) in [5.74, 6) is -0.00327. The van der Waals surface area contributed by atoms with E-state index >= 15 is 0 Å². The molecule has 5 nitrogen and oxygen atoms in total. The first kappa shape index (κ1) is 11.2. The van der Waals surface area contributed by atoms with Crippen LogP contribution in [0.2, 0.25) is 0 Å². The number of imidazole rings is 1. The topological polar surface area (TPSA) is 63.8 Å². The number of pyridine rings is 1. The van der Waals surface area contributed by atoms with Crippen LogP contribution in [-0.2, 0) is 4.74 Å². The molecule has 0 aliphatic carbocycles. The molecule has 1 atom stereocenters. The van der Waals surface area contributed by atoms with E-state index in [1.54, 1.807) is 0 Å². The Morgan fingerprint density at radius 3 is 3.11 bits per heavy atom. The van der Waals surface area contributed by atoms with Gasteiger partial charge in [0.2, 0.25) is 0 Å². The van der Waals surface area contributed by atoms with Crippen molar-refractivity contribution in [2.24, 2.45) is 0 Å². The van der Waals surface area contributed by atoms with Crippen molar-refractivity contribution in [2.75, 3.05) is 13.2 Å². The molecule has 18 heavy (non-hydrogen) atoms. The summed E-state index contributed by atoms with van der Waals surface area (Å²) in [5, 5.41) is 9.22. The Morgan fingerprint density at radius 2 is 2.44 bits per heavy atom. The van der Waals surface area contributed by atoms with Gasteiger partial charge in [-0.25, -0.2) is 9.78 Å². The lowest BCUT2D eigenvalue weighted by Gasteiger charge is -2.06. The summed E-state index contributed by atoms with van der Waals surface area (Å²) in [5.41, 5.74) is 1.81. The molecule has 1 saturated heterocycles. The smallest absolute Gasteiger partial charge is 0.356 e. The number of carboxylic acid groups (broad SMARTS) is 1. The molecular formula is C13H14N2O3. The first-order chi connectivity index (χ1) is 8.66. The lowest BCUT2D eigenvalue weighted by atomic mass is 10.1. The number of hydrogen-bond donors (Lipinski definition) is 1. The van der Waals surface area contributed by atoms with Gasteiger partial charge in [-0.15, -0.1) is 0 Å². The first-order valence-corrected chi connectivity index (χ1v) is 5.96. The lowest BCUT2D eigenvalue weighted by Crippen LogP contribution is -2.04. The number of carboxylic acids is 1. The minimum atomic E-state index is -0.983. The molecule has 1 aliphatic rings. The van der Waals surface area contributed by atoms with Crippen molar-refractivity contribution in [1.82, 2.24) is 9.38 Å². The number of carbonyl (C=O) groups is 1. The van der Waals surface area contributed by atoms with Crippen molar-refractivity contribution in [3.05, 3.63) is 35.4 Å². The lowest BCUT2D eigenvalue weighted by molar-refractivity contribution is 0.0693. The van der Waals surface area contributed by atoms with Gasteiger partial charge >= 0.3 is 5.97 Å². The van der Waals surface area contributed by atoms with Gasteiger partial charge in [0.1, 0.15) is 5.82 Å². The Kier molecular flexibility index (Phi) is 2.56. The maximum absolute atomic E-state index is 11.2. The van der Waals surface area contributed by atoms with Crippen LogP contribution < -0.4 is 0 Å². The minimum Gasteiger partial charge on any atom is -0.476 e. The third kappa shape index (κ3) is 1.67. The normalized spacial score (nSPS) is 19.5. The second kappa shape index (κ2) is 4.10. The van der Waals surface area contributed by atoms with Crippen LogP contribution in [0.25, 0.3) is 5.52 Å². The van der Waals surface area contributed by atoms with E-state index in [2.05, 4.69) is 4.98 Å². The second-order valence-electron chi connectivity index (χ2n) is 4.64. The Labute approximate surface area is 104 Å². The molecule has 5 heteroatoms. The third-order valence-corrected chi connectivity index (χ3v) is 3.32. The predicted octanol–water partition coefficient (Wildman–Crippen LogP) is 1.84. The molecular weight excluding hydrogens is 232 g/mol. The van der Waals surface area contributed by atoms with Crippen LogP contribution in [0.4, 0.5) is 0 Å². The van der Waals surface area contributed by atoms with Crippen LogP contribution in [0.15, 0.2) is 18.3 Å². The van der Waals surface area contributed by atoms with E-state index in [9.17, 15) is 9.90 Å². The van der Waals surface area contributed by atoms with Crippen molar-refractivity contribution >= 4 is 11.5 Å². The number of aryl methyl sites for hydroxylation is 1. The highest BCUT2D eigenvalue weighted by Crippen LogP contribution is 2.27. The monoisotopic (exact) mass is 246 g/mol. The molecule has 0 bridgehead atoms. The molecule has 3 rings (SSSR count). The van der Waals surface area contributed by atoms with Gasteiger partial charge in [-0.2, -0.15) is 0 Å². The quantitative estimate of drug-likeness (QED) is 0.878. The highest BCUT2D eigenvalue weighted by molar-refractivity contribution is 5.93. The van der Waals surface area contributed by atoms with E-state index in [1.165, 1.54) is 0 Å². The summed E-state index contributed by atoms with van der Waals surface area (Å²) in [7, 11) is 0. The second-order valence-corrected chi connectivity index (χ2v) is 4.64. The summed E-state index contributed by atoms with van der Waals surface area (Å²) in [6, 6.07) is 3.81. The molecule has 0 saturated carbocycles. The Morgan fingerprint density at radius 1 is 1.61 bits per heavy atom. The molecule has 94 valence electrons. The number of nitrogens with zero attached hydrogens (tertiary/aromatic N) is 2. The van der Waals surface area contributed by atoms with Gasteiger partial charge < -0.3 is 14.2 Å². The van der Waals surface area contributed by atoms with Gasteiger partial charge in [0.25, 0.3) is 0 Å². The zero-order valence-electron chi connectivity index (χ0n) is 10.1. The summed E-state index contributed by atoms with van der Waals surface area (Å²) < 4.78 is 7.22. The molecule has 1 N–H and O–H groups in total. The molecule has 0 spiro atoms. The van der Waals surface area contributed by atoms with E-state index in [-0.39, 0.29) is 11.6 Å². The van der Waals surface area contributed by atoms with E-state index < -0.39 is 5.97 Å². The highest BCUT2D eigenvalue weighted by atomic mass is 16.5. The Bertz CT molecular complexity index is 612. The Balaban J connectivity index is 2.22. The molecule has 1 aliphatic heterocycles. The summed E-state index contributed by atoms with van der Waals surface area (Å²) in [6.45, 7) is 3.27. The largest absolute Gasteiger partial charge is 0.476 e. The number of fused-ring (bicyclic) bond motifs is 1. The van der Waals surface area contributed by atoms with Crippen LogP contribution >= 0.6 is 0 Å². The minimum absolute atomic E-state index is 0.126. The van der Waals surface area contributed by atoms with Gasteiger partial charge in [0, 0.05) is 18.7 Å². The zero-order valence-corrected chi connectivity index (χ0v) is 10.1. The van der Waals surface area contributed by atoms with Gasteiger partial charge in [-0.1, -0.05) is 0 Å². The molecule has 0 radical (unpaired) electrons. The molecule has 1 unspecified atom stereocenters. The van der Waals surface area contributed by atoms with Crippen LogP contribution in [0.1, 0.15) is 34.2 Å². The number of hydrogen-bond acceptors (Lipinski definition) is 3. The van der Waals surface area contributed by atoms with Crippen molar-refractivity contribution in [3.63, 3.8) is 0 Å². The van der Waals surface area contributed by atoms with Gasteiger partial charge in [-0.3, -0.25) is 0 Å². The SMILES string of the molecule is Cc1ccn2c(C3CCOC3)nc(C(=O)O)c2c1. The third-order valence-electron chi connectivity index (χ3n) is 3.32. The highest BCUT2D eigenvalue weighted by Gasteiger charge is 2.25. The molecule has 1 fully saturated rings.